The largest absolute Gasteiger partial charge is 0.221 e. The SMILES string of the molecule is Cc1cc(C)cc(CSCc2nc(Cl)c3ccsc3n2)c1. The van der Waals surface area contributed by atoms with Gasteiger partial charge >= 0.3 is 0 Å². The average molecular weight is 335 g/mol. The van der Waals surface area contributed by atoms with Crippen molar-refractivity contribution in [3.8, 4) is 0 Å². The van der Waals surface area contributed by atoms with E-state index in [9.17, 15) is 0 Å². The lowest BCUT2D eigenvalue weighted by atomic mass is 10.1. The Bertz CT molecular complexity index is 763. The predicted octanol–water partition coefficient (Wildman–Crippen LogP) is 5.39. The second-order valence-electron chi connectivity index (χ2n) is 5.06. The van der Waals surface area contributed by atoms with E-state index in [-0.39, 0.29) is 0 Å². The fourth-order valence-corrected chi connectivity index (χ4v) is 4.24. The van der Waals surface area contributed by atoms with Crippen molar-refractivity contribution in [2.24, 2.45) is 0 Å². The molecule has 3 rings (SSSR count). The quantitative estimate of drug-likeness (QED) is 0.598. The third-order valence-corrected chi connectivity index (χ3v) is 5.20. The molecule has 0 amide bonds. The molecule has 0 bridgehead atoms. The molecule has 0 fully saturated rings. The van der Waals surface area contributed by atoms with Crippen LogP contribution in [0.2, 0.25) is 5.15 Å². The number of halogens is 1. The van der Waals surface area contributed by atoms with Crippen LogP contribution in [-0.2, 0) is 11.5 Å². The highest BCUT2D eigenvalue weighted by Gasteiger charge is 2.07. The lowest BCUT2D eigenvalue weighted by molar-refractivity contribution is 1.07. The molecule has 5 heteroatoms. The molecule has 0 radical (unpaired) electrons. The van der Waals surface area contributed by atoms with E-state index in [0.29, 0.717) is 5.15 Å². The predicted molar refractivity (Wildman–Crippen MR) is 93.3 cm³/mol. The summed E-state index contributed by atoms with van der Waals surface area (Å²) in [7, 11) is 0. The number of thiophene rings is 1. The van der Waals surface area contributed by atoms with Gasteiger partial charge in [0.05, 0.1) is 5.75 Å². The second-order valence-corrected chi connectivity index (χ2v) is 7.30. The van der Waals surface area contributed by atoms with Crippen LogP contribution in [0, 0.1) is 13.8 Å². The first-order chi connectivity index (χ1) is 10.1. The van der Waals surface area contributed by atoms with E-state index in [0.717, 1.165) is 27.5 Å². The molecule has 1 aromatic carbocycles. The van der Waals surface area contributed by atoms with Gasteiger partial charge in [-0.1, -0.05) is 40.9 Å². The summed E-state index contributed by atoms with van der Waals surface area (Å²) in [4.78, 5) is 9.91. The van der Waals surface area contributed by atoms with Crippen molar-refractivity contribution in [3.63, 3.8) is 0 Å². The fraction of sp³-hybridized carbons (Fsp3) is 0.250. The lowest BCUT2D eigenvalue weighted by Gasteiger charge is -2.05. The van der Waals surface area contributed by atoms with Crippen molar-refractivity contribution in [3.05, 3.63) is 57.3 Å². The van der Waals surface area contributed by atoms with Gasteiger partial charge in [-0.25, -0.2) is 9.97 Å². The molecule has 0 atom stereocenters. The van der Waals surface area contributed by atoms with E-state index in [1.54, 1.807) is 11.3 Å². The number of thioether (sulfide) groups is 1. The molecule has 2 heterocycles. The van der Waals surface area contributed by atoms with Gasteiger partial charge in [0.2, 0.25) is 0 Å². The number of hydrogen-bond donors (Lipinski definition) is 0. The van der Waals surface area contributed by atoms with Crippen molar-refractivity contribution >= 4 is 44.9 Å². The molecule has 3 aromatic rings. The van der Waals surface area contributed by atoms with Gasteiger partial charge in [0, 0.05) is 11.1 Å². The molecular weight excluding hydrogens is 320 g/mol. The molecule has 2 aromatic heterocycles. The van der Waals surface area contributed by atoms with Gasteiger partial charge in [-0.2, -0.15) is 0 Å². The molecule has 0 saturated heterocycles. The first-order valence-electron chi connectivity index (χ1n) is 6.66. The molecule has 0 aliphatic heterocycles. The molecule has 0 N–H and O–H groups in total. The van der Waals surface area contributed by atoms with Crippen LogP contribution < -0.4 is 0 Å². The highest BCUT2D eigenvalue weighted by atomic mass is 35.5. The Balaban J connectivity index is 1.68. The molecule has 0 aliphatic carbocycles. The normalized spacial score (nSPS) is 11.2. The number of benzene rings is 1. The summed E-state index contributed by atoms with van der Waals surface area (Å²) >= 11 is 9.61. The van der Waals surface area contributed by atoms with Gasteiger partial charge < -0.3 is 0 Å². The van der Waals surface area contributed by atoms with Crippen molar-refractivity contribution in [2.45, 2.75) is 25.4 Å². The number of nitrogens with zero attached hydrogens (tertiary/aromatic N) is 2. The molecule has 0 saturated carbocycles. The minimum Gasteiger partial charge on any atom is -0.221 e. The summed E-state index contributed by atoms with van der Waals surface area (Å²) in [6.07, 6.45) is 0. The average Bonchev–Trinajstić information content (AvgIpc) is 2.86. The van der Waals surface area contributed by atoms with Crippen LogP contribution in [0.1, 0.15) is 22.5 Å². The zero-order valence-electron chi connectivity index (χ0n) is 11.9. The van der Waals surface area contributed by atoms with Crippen LogP contribution in [0.25, 0.3) is 10.2 Å². The molecule has 21 heavy (non-hydrogen) atoms. The topological polar surface area (TPSA) is 25.8 Å². The summed E-state index contributed by atoms with van der Waals surface area (Å²) < 4.78 is 0. The maximum absolute atomic E-state index is 6.19. The lowest BCUT2D eigenvalue weighted by Crippen LogP contribution is -1.93. The summed E-state index contributed by atoms with van der Waals surface area (Å²) in [6, 6.07) is 8.63. The minimum absolute atomic E-state index is 0.559. The first-order valence-corrected chi connectivity index (χ1v) is 9.07. The molecule has 2 nitrogen and oxygen atoms in total. The van der Waals surface area contributed by atoms with Crippen LogP contribution in [0.5, 0.6) is 0 Å². The molecule has 0 aliphatic rings. The van der Waals surface area contributed by atoms with Crippen molar-refractivity contribution in [2.75, 3.05) is 0 Å². The van der Waals surface area contributed by atoms with Crippen molar-refractivity contribution in [1.82, 2.24) is 9.97 Å². The Hall–Kier alpha value is -1.10. The fourth-order valence-electron chi connectivity index (χ4n) is 2.34. The summed E-state index contributed by atoms with van der Waals surface area (Å²) in [5.74, 6) is 2.55. The molecular formula is C16H15ClN2S2. The van der Waals surface area contributed by atoms with Gasteiger partial charge in [-0.15, -0.1) is 23.1 Å². The Labute approximate surface area is 137 Å². The number of aromatic nitrogens is 2. The van der Waals surface area contributed by atoms with E-state index in [2.05, 4.69) is 42.0 Å². The van der Waals surface area contributed by atoms with Gasteiger partial charge in [-0.3, -0.25) is 0 Å². The number of hydrogen-bond acceptors (Lipinski definition) is 4. The van der Waals surface area contributed by atoms with E-state index < -0.39 is 0 Å². The van der Waals surface area contributed by atoms with E-state index in [1.807, 2.05) is 23.2 Å². The second kappa shape index (κ2) is 6.34. The summed E-state index contributed by atoms with van der Waals surface area (Å²) in [5.41, 5.74) is 3.97. The Morgan fingerprint density at radius 2 is 1.86 bits per heavy atom. The Morgan fingerprint density at radius 3 is 2.62 bits per heavy atom. The molecule has 108 valence electrons. The molecule has 0 spiro atoms. The van der Waals surface area contributed by atoms with E-state index >= 15 is 0 Å². The number of aryl methyl sites for hydroxylation is 2. The molecule has 0 unspecified atom stereocenters. The van der Waals surface area contributed by atoms with Crippen LogP contribution in [0.3, 0.4) is 0 Å². The number of rotatable bonds is 4. The zero-order chi connectivity index (χ0) is 14.8. The summed E-state index contributed by atoms with van der Waals surface area (Å²) in [6.45, 7) is 4.27. The monoisotopic (exact) mass is 334 g/mol. The standard InChI is InChI=1S/C16H15ClN2S2/c1-10-5-11(2)7-12(6-10)8-20-9-14-18-15(17)13-3-4-21-16(13)19-14/h3-7H,8-9H2,1-2H3. The van der Waals surface area contributed by atoms with Gasteiger partial charge in [-0.05, 0) is 30.9 Å². The Kier molecular flexibility index (Phi) is 4.48. The third-order valence-electron chi connectivity index (χ3n) is 3.11. The maximum atomic E-state index is 6.19. The Morgan fingerprint density at radius 1 is 1.10 bits per heavy atom. The smallest absolute Gasteiger partial charge is 0.141 e. The summed E-state index contributed by atoms with van der Waals surface area (Å²) in [5, 5.41) is 3.51. The van der Waals surface area contributed by atoms with E-state index in [4.69, 9.17) is 11.6 Å². The minimum atomic E-state index is 0.559. The van der Waals surface area contributed by atoms with Crippen LogP contribution in [0.4, 0.5) is 0 Å². The van der Waals surface area contributed by atoms with Crippen molar-refractivity contribution < 1.29 is 0 Å². The number of fused-ring (bicyclic) bond motifs is 1. The van der Waals surface area contributed by atoms with Gasteiger partial charge in [0.25, 0.3) is 0 Å². The first kappa shape index (κ1) is 14.8. The van der Waals surface area contributed by atoms with Gasteiger partial charge in [0.15, 0.2) is 0 Å². The van der Waals surface area contributed by atoms with Crippen molar-refractivity contribution in [1.29, 1.82) is 0 Å². The van der Waals surface area contributed by atoms with Crippen LogP contribution >= 0.6 is 34.7 Å². The third kappa shape index (κ3) is 3.57. The maximum Gasteiger partial charge on any atom is 0.141 e. The highest BCUT2D eigenvalue weighted by molar-refractivity contribution is 7.97. The van der Waals surface area contributed by atoms with Crippen LogP contribution in [0.15, 0.2) is 29.6 Å². The highest BCUT2D eigenvalue weighted by Crippen LogP contribution is 2.26. The van der Waals surface area contributed by atoms with Gasteiger partial charge in [0.1, 0.15) is 15.8 Å². The zero-order valence-corrected chi connectivity index (χ0v) is 14.3. The van der Waals surface area contributed by atoms with Crippen LogP contribution in [-0.4, -0.2) is 9.97 Å². The van der Waals surface area contributed by atoms with E-state index in [1.165, 1.54) is 16.7 Å².